The van der Waals surface area contributed by atoms with Crippen molar-refractivity contribution < 1.29 is 28.6 Å². The highest BCUT2D eigenvalue weighted by atomic mass is 32.2. The van der Waals surface area contributed by atoms with Gasteiger partial charge < -0.3 is 10.2 Å². The molecule has 1 unspecified atom stereocenters. The Morgan fingerprint density at radius 1 is 1.10 bits per heavy atom. The predicted molar refractivity (Wildman–Crippen MR) is 76.3 cm³/mol. The van der Waals surface area contributed by atoms with E-state index in [4.69, 9.17) is 14.8 Å². The van der Waals surface area contributed by atoms with Crippen molar-refractivity contribution in [2.24, 2.45) is 0 Å². The Morgan fingerprint density at radius 2 is 1.62 bits per heavy atom. The molecule has 0 aliphatic carbocycles. The van der Waals surface area contributed by atoms with Crippen molar-refractivity contribution in [3.05, 3.63) is 29.8 Å². The summed E-state index contributed by atoms with van der Waals surface area (Å²) in [6.07, 6.45) is 0.475. The molecule has 0 aliphatic rings. The maximum atomic E-state index is 10.7. The third-order valence-electron chi connectivity index (χ3n) is 2.59. The number of benzene rings is 1. The number of nitrogens with one attached hydrogen (secondary N) is 1. The van der Waals surface area contributed by atoms with Gasteiger partial charge in [-0.2, -0.15) is 0 Å². The Kier molecular flexibility index (Phi) is 6.79. The van der Waals surface area contributed by atoms with Crippen molar-refractivity contribution >= 4 is 28.9 Å². The normalized spacial score (nSPS) is 12.1. The van der Waals surface area contributed by atoms with Gasteiger partial charge in [-0.15, -0.1) is 0 Å². The van der Waals surface area contributed by atoms with E-state index in [2.05, 4.69) is 4.72 Å². The first-order chi connectivity index (χ1) is 9.86. The van der Waals surface area contributed by atoms with Crippen LogP contribution in [0.2, 0.25) is 0 Å². The number of carbonyl (C=O) groups is 2. The first kappa shape index (κ1) is 17.1. The standard InChI is InChI=1S/C12H16N2O6S/c15-11(16)7-14(8-12(17)18)6-5-9-1-3-10(4-2-9)13-21(19)20/h1-4,13H,5-8H2,(H,15,16)(H,17,18)(H,19,20). The highest BCUT2D eigenvalue weighted by Gasteiger charge is 2.13. The fourth-order valence-electron chi connectivity index (χ4n) is 1.72. The minimum atomic E-state index is -2.14. The van der Waals surface area contributed by atoms with E-state index < -0.39 is 23.2 Å². The molecular weight excluding hydrogens is 300 g/mol. The van der Waals surface area contributed by atoms with E-state index in [9.17, 15) is 13.8 Å². The Balaban J connectivity index is 2.56. The van der Waals surface area contributed by atoms with Gasteiger partial charge in [0.2, 0.25) is 0 Å². The molecule has 1 atom stereocenters. The molecule has 116 valence electrons. The number of anilines is 1. The van der Waals surface area contributed by atoms with Crippen LogP contribution in [-0.2, 0) is 27.3 Å². The van der Waals surface area contributed by atoms with Gasteiger partial charge in [-0.1, -0.05) is 12.1 Å². The summed E-state index contributed by atoms with van der Waals surface area (Å²) >= 11 is -2.14. The first-order valence-electron chi connectivity index (χ1n) is 5.99. The van der Waals surface area contributed by atoms with Gasteiger partial charge in [0.15, 0.2) is 0 Å². The highest BCUT2D eigenvalue weighted by Crippen LogP contribution is 2.10. The molecule has 8 nitrogen and oxygen atoms in total. The van der Waals surface area contributed by atoms with Crippen LogP contribution in [0.4, 0.5) is 5.69 Å². The number of carboxylic acids is 2. The molecule has 0 aromatic heterocycles. The number of hydrogen-bond acceptors (Lipinski definition) is 4. The SMILES string of the molecule is O=C(O)CN(CCc1ccc(NS(=O)O)cc1)CC(=O)O. The lowest BCUT2D eigenvalue weighted by Crippen LogP contribution is -2.35. The summed E-state index contributed by atoms with van der Waals surface area (Å²) in [5.41, 5.74) is 1.34. The number of rotatable bonds is 9. The van der Waals surface area contributed by atoms with E-state index in [1.54, 1.807) is 24.3 Å². The van der Waals surface area contributed by atoms with E-state index in [0.29, 0.717) is 12.1 Å². The van der Waals surface area contributed by atoms with E-state index in [-0.39, 0.29) is 19.6 Å². The third kappa shape index (κ3) is 7.40. The number of hydrogen-bond donors (Lipinski definition) is 4. The van der Waals surface area contributed by atoms with Gasteiger partial charge in [0.05, 0.1) is 13.1 Å². The average molecular weight is 316 g/mol. The molecule has 1 aromatic carbocycles. The average Bonchev–Trinajstić information content (AvgIpc) is 2.35. The molecule has 21 heavy (non-hydrogen) atoms. The largest absolute Gasteiger partial charge is 0.480 e. The maximum absolute atomic E-state index is 10.7. The summed E-state index contributed by atoms with van der Waals surface area (Å²) in [4.78, 5) is 22.6. The summed E-state index contributed by atoms with van der Waals surface area (Å²) in [5.74, 6) is -2.16. The summed E-state index contributed by atoms with van der Waals surface area (Å²) < 4.78 is 21.5. The quantitative estimate of drug-likeness (QED) is 0.481. The summed E-state index contributed by atoms with van der Waals surface area (Å²) in [6, 6.07) is 6.66. The van der Waals surface area contributed by atoms with Crippen LogP contribution in [0.15, 0.2) is 24.3 Å². The minimum absolute atomic E-state index is 0.289. The van der Waals surface area contributed by atoms with E-state index in [1.165, 1.54) is 4.90 Å². The molecule has 1 aromatic rings. The van der Waals surface area contributed by atoms with Crippen molar-refractivity contribution in [3.63, 3.8) is 0 Å². The minimum Gasteiger partial charge on any atom is -0.480 e. The molecule has 0 saturated carbocycles. The highest BCUT2D eigenvalue weighted by molar-refractivity contribution is 7.80. The lowest BCUT2D eigenvalue weighted by molar-refractivity contribution is -0.141. The molecule has 0 amide bonds. The number of aliphatic carboxylic acids is 2. The molecule has 0 fully saturated rings. The van der Waals surface area contributed by atoms with Crippen LogP contribution >= 0.6 is 0 Å². The van der Waals surface area contributed by atoms with Crippen molar-refractivity contribution in [1.82, 2.24) is 4.90 Å². The Labute approximate surface area is 123 Å². The van der Waals surface area contributed by atoms with Crippen molar-refractivity contribution in [3.8, 4) is 0 Å². The van der Waals surface area contributed by atoms with Crippen LogP contribution in [-0.4, -0.2) is 55.4 Å². The van der Waals surface area contributed by atoms with Gasteiger partial charge in [0, 0.05) is 12.2 Å². The second-order valence-electron chi connectivity index (χ2n) is 4.30. The molecule has 9 heteroatoms. The van der Waals surface area contributed by atoms with Crippen LogP contribution in [0, 0.1) is 0 Å². The van der Waals surface area contributed by atoms with Gasteiger partial charge in [0.25, 0.3) is 11.3 Å². The van der Waals surface area contributed by atoms with Gasteiger partial charge in [0.1, 0.15) is 0 Å². The molecule has 0 bridgehead atoms. The molecule has 0 heterocycles. The van der Waals surface area contributed by atoms with Gasteiger partial charge in [-0.05, 0) is 24.1 Å². The maximum Gasteiger partial charge on any atom is 0.317 e. The molecule has 1 rings (SSSR count). The Morgan fingerprint density at radius 3 is 2.05 bits per heavy atom. The van der Waals surface area contributed by atoms with Gasteiger partial charge >= 0.3 is 11.9 Å². The van der Waals surface area contributed by atoms with Crippen molar-refractivity contribution in [1.29, 1.82) is 0 Å². The second kappa shape index (κ2) is 8.35. The second-order valence-corrected chi connectivity index (χ2v) is 5.00. The molecule has 0 aliphatic heterocycles. The number of carboxylic acid groups (broad SMARTS) is 2. The Bertz CT molecular complexity index is 503. The molecule has 0 radical (unpaired) electrons. The van der Waals surface area contributed by atoms with Gasteiger partial charge in [-0.3, -0.25) is 23.8 Å². The van der Waals surface area contributed by atoms with Crippen LogP contribution in [0.1, 0.15) is 5.56 Å². The topological polar surface area (TPSA) is 127 Å². The monoisotopic (exact) mass is 316 g/mol. The molecular formula is C12H16N2O6S. The summed E-state index contributed by atoms with van der Waals surface area (Å²) in [6.45, 7) is -0.387. The lowest BCUT2D eigenvalue weighted by Gasteiger charge is -2.17. The molecule has 0 spiro atoms. The van der Waals surface area contributed by atoms with Crippen LogP contribution in [0.5, 0.6) is 0 Å². The first-order valence-corrected chi connectivity index (χ1v) is 7.10. The van der Waals surface area contributed by atoms with E-state index >= 15 is 0 Å². The van der Waals surface area contributed by atoms with Crippen LogP contribution in [0.25, 0.3) is 0 Å². The molecule has 0 saturated heterocycles. The number of nitrogens with zero attached hydrogens (tertiary/aromatic N) is 1. The fraction of sp³-hybridized carbons (Fsp3) is 0.333. The van der Waals surface area contributed by atoms with Crippen LogP contribution < -0.4 is 4.72 Å². The zero-order chi connectivity index (χ0) is 15.8. The third-order valence-corrected chi connectivity index (χ3v) is 3.00. The fourth-order valence-corrected chi connectivity index (χ4v) is 2.06. The Hall–Kier alpha value is -1.97. The van der Waals surface area contributed by atoms with E-state index in [1.807, 2.05) is 0 Å². The van der Waals surface area contributed by atoms with Crippen LogP contribution in [0.3, 0.4) is 0 Å². The smallest absolute Gasteiger partial charge is 0.317 e. The zero-order valence-electron chi connectivity index (χ0n) is 11.1. The zero-order valence-corrected chi connectivity index (χ0v) is 11.9. The van der Waals surface area contributed by atoms with Gasteiger partial charge in [-0.25, -0.2) is 4.21 Å². The summed E-state index contributed by atoms with van der Waals surface area (Å²) in [7, 11) is 0. The summed E-state index contributed by atoms with van der Waals surface area (Å²) in [5, 5.41) is 17.4. The van der Waals surface area contributed by atoms with Crippen molar-refractivity contribution in [2.75, 3.05) is 24.4 Å². The predicted octanol–water partition coefficient (Wildman–Crippen LogP) is 0.249. The van der Waals surface area contributed by atoms with Crippen molar-refractivity contribution in [2.45, 2.75) is 6.42 Å². The molecule has 4 N–H and O–H groups in total. The lowest BCUT2D eigenvalue weighted by atomic mass is 10.1. The van der Waals surface area contributed by atoms with E-state index in [0.717, 1.165) is 5.56 Å².